The monoisotopic (exact) mass is 1170 g/mol. The second kappa shape index (κ2) is 34.2. The Kier molecular flexibility index (Phi) is 27.3. The summed E-state index contributed by atoms with van der Waals surface area (Å²) in [7, 11) is 0. The first-order chi connectivity index (χ1) is 39.9. The zero-order chi connectivity index (χ0) is 61.9. The fraction of sp³-hybridized carbons (Fsp3) is 0.464. The zero-order valence-corrected chi connectivity index (χ0v) is 47.3. The summed E-state index contributed by atoms with van der Waals surface area (Å²) in [6.45, 7) is 3.34. The molecule has 1 aliphatic rings. The van der Waals surface area contributed by atoms with E-state index in [2.05, 4.69) is 47.2 Å². The van der Waals surface area contributed by atoms with Crippen LogP contribution >= 0.6 is 0 Å². The quantitative estimate of drug-likeness (QED) is 0.0155. The van der Waals surface area contributed by atoms with Crippen molar-refractivity contribution in [2.75, 3.05) is 26.2 Å². The van der Waals surface area contributed by atoms with Gasteiger partial charge in [-0.2, -0.15) is 0 Å². The fourth-order valence-electron chi connectivity index (χ4n) is 9.24. The first kappa shape index (κ1) is 67.2. The number of benzene rings is 3. The summed E-state index contributed by atoms with van der Waals surface area (Å²) < 4.78 is 0. The highest BCUT2D eigenvalue weighted by molar-refractivity contribution is 5.99. The predicted octanol–water partition coefficient (Wildman–Crippen LogP) is -3.72. The highest BCUT2D eigenvalue weighted by Gasteiger charge is 2.40. The molecule has 0 aliphatic carbocycles. The Balaban J connectivity index is 1.65. The summed E-state index contributed by atoms with van der Waals surface area (Å²) in [5, 5.41) is 28.6. The number of primary amides is 2. The number of guanidine groups is 2. The molecule has 456 valence electrons. The number of likely N-dealkylation sites (tertiary alicyclic amines) is 1. The van der Waals surface area contributed by atoms with Gasteiger partial charge in [-0.1, -0.05) is 86.6 Å². The molecule has 3 aromatic rings. The molecule has 1 heterocycles. The summed E-state index contributed by atoms with van der Waals surface area (Å²) in [6.07, 6.45) is -0.0988. The van der Waals surface area contributed by atoms with Crippen LogP contribution in [0.15, 0.2) is 94.9 Å². The number of aliphatic imine (C=N–C) groups is 2. The molecule has 22 N–H and O–H groups in total. The van der Waals surface area contributed by atoms with Gasteiger partial charge in [-0.15, -0.1) is 0 Å². The van der Waals surface area contributed by atoms with Crippen LogP contribution in [0.2, 0.25) is 0 Å². The van der Waals surface area contributed by atoms with Crippen LogP contribution in [0.1, 0.15) is 81.9 Å². The number of hydrogen-bond acceptors (Lipinski definition) is 14. The molecule has 28 heteroatoms. The molecule has 0 bridgehead atoms. The van der Waals surface area contributed by atoms with E-state index in [0.29, 0.717) is 23.1 Å². The third-order valence-electron chi connectivity index (χ3n) is 13.4. The molecule has 1 saturated heterocycles. The van der Waals surface area contributed by atoms with Gasteiger partial charge < -0.3 is 87.4 Å². The van der Waals surface area contributed by atoms with Crippen molar-refractivity contribution in [1.29, 1.82) is 0 Å². The minimum absolute atomic E-state index is 0.0150. The molecular formula is C56H81N17O11. The minimum Gasteiger partial charge on any atom is -0.508 e. The lowest BCUT2D eigenvalue weighted by atomic mass is 9.99. The highest BCUT2D eigenvalue weighted by Crippen LogP contribution is 2.21. The second-order valence-electron chi connectivity index (χ2n) is 20.7. The van der Waals surface area contributed by atoms with Crippen LogP contribution in [0, 0.1) is 5.92 Å². The standard InChI is InChI=1S/C56H81N17O11/c1-32(2)26-40(70-52(82)43(28-34-14-7-4-8-15-34)72-50(80)41(66-46(76)31-57)29-35-19-21-36(74)22-20-35)49(79)71-42(27-33-12-5-3-6-13-33)51(81)68-38(17-10-24-65-56(62)63)54(84)73-25-11-18-44(73)53(83)67-37(16-9-23-64-55(60)61)48(78)69-39(47(59)77)30-45(58)75/h3-8,12-15,19-22,32,37-44,74H,9-11,16-18,23-31,57H2,1-2H3,(H2,58,75)(H2,59,77)(H,66,76)(H,67,83)(H,68,81)(H,69,78)(H,70,82)(H,71,79)(H,72,80)(H4,60,61,64)(H4,62,63,65)/t37-,38-,39-,40-,41-,42-,43-,44-/m0/s1. The van der Waals surface area contributed by atoms with E-state index in [1.165, 1.54) is 17.0 Å². The molecule has 3 aromatic carbocycles. The number of rotatable bonds is 34. The van der Waals surface area contributed by atoms with Crippen molar-refractivity contribution in [3.63, 3.8) is 0 Å². The van der Waals surface area contributed by atoms with Gasteiger partial charge in [0.05, 0.1) is 13.0 Å². The van der Waals surface area contributed by atoms with Crippen molar-refractivity contribution in [3.05, 3.63) is 102 Å². The number of carbonyl (C=O) groups excluding carboxylic acids is 10. The van der Waals surface area contributed by atoms with Crippen LogP contribution < -0.4 is 77.4 Å². The molecule has 84 heavy (non-hydrogen) atoms. The number of phenols is 1. The number of nitrogens with one attached hydrogen (secondary N) is 7. The number of carbonyl (C=O) groups is 10. The Morgan fingerprint density at radius 3 is 1.44 bits per heavy atom. The topological polar surface area (TPSA) is 485 Å². The smallest absolute Gasteiger partial charge is 0.245 e. The normalized spacial score (nSPS) is 15.2. The van der Waals surface area contributed by atoms with Crippen LogP contribution in [0.5, 0.6) is 5.75 Å². The van der Waals surface area contributed by atoms with E-state index in [-0.39, 0.29) is 101 Å². The summed E-state index contributed by atoms with van der Waals surface area (Å²) in [5.74, 6) is -8.74. The average Bonchev–Trinajstić information content (AvgIpc) is 3.96. The van der Waals surface area contributed by atoms with Gasteiger partial charge in [0.2, 0.25) is 59.1 Å². The van der Waals surface area contributed by atoms with Crippen molar-refractivity contribution < 1.29 is 53.1 Å². The molecule has 1 aliphatic heterocycles. The van der Waals surface area contributed by atoms with Gasteiger partial charge >= 0.3 is 0 Å². The molecule has 0 spiro atoms. The maximum absolute atomic E-state index is 14.8. The molecule has 0 radical (unpaired) electrons. The van der Waals surface area contributed by atoms with Crippen LogP contribution in [0.25, 0.3) is 0 Å². The van der Waals surface area contributed by atoms with Crippen molar-refractivity contribution in [2.24, 2.45) is 56.0 Å². The number of nitrogens with two attached hydrogens (primary N) is 7. The van der Waals surface area contributed by atoms with Gasteiger partial charge in [-0.3, -0.25) is 57.9 Å². The Morgan fingerprint density at radius 2 is 0.976 bits per heavy atom. The molecule has 0 unspecified atom stereocenters. The van der Waals surface area contributed by atoms with Gasteiger partial charge in [0.15, 0.2) is 11.9 Å². The van der Waals surface area contributed by atoms with Crippen molar-refractivity contribution >= 4 is 71.0 Å². The van der Waals surface area contributed by atoms with Crippen LogP contribution in [-0.2, 0) is 67.2 Å². The molecule has 0 saturated carbocycles. The van der Waals surface area contributed by atoms with Crippen LogP contribution in [0.4, 0.5) is 0 Å². The minimum atomic E-state index is -1.51. The van der Waals surface area contributed by atoms with E-state index in [4.69, 9.17) is 40.1 Å². The van der Waals surface area contributed by atoms with Crippen molar-refractivity contribution in [1.82, 2.24) is 42.1 Å². The van der Waals surface area contributed by atoms with E-state index in [9.17, 15) is 53.1 Å². The second-order valence-corrected chi connectivity index (χ2v) is 20.7. The largest absolute Gasteiger partial charge is 0.508 e. The number of aromatic hydroxyl groups is 1. The number of amides is 10. The number of hydrogen-bond donors (Lipinski definition) is 15. The Labute approximate surface area is 487 Å². The number of phenolic OH excluding ortho intramolecular Hbond substituents is 1. The third kappa shape index (κ3) is 23.3. The predicted molar refractivity (Wildman–Crippen MR) is 312 cm³/mol. The molecule has 10 amide bonds. The lowest BCUT2D eigenvalue weighted by Gasteiger charge is -2.31. The highest BCUT2D eigenvalue weighted by atomic mass is 16.3. The third-order valence-corrected chi connectivity index (χ3v) is 13.4. The van der Waals surface area contributed by atoms with E-state index in [0.717, 1.165) is 0 Å². The molecule has 1 fully saturated rings. The fourth-order valence-corrected chi connectivity index (χ4v) is 9.24. The van der Waals surface area contributed by atoms with E-state index in [1.54, 1.807) is 72.8 Å². The van der Waals surface area contributed by atoms with Crippen LogP contribution in [0.3, 0.4) is 0 Å². The Bertz CT molecular complexity index is 2780. The van der Waals surface area contributed by atoms with E-state index < -0.39 is 120 Å². The number of nitrogens with zero attached hydrogens (tertiary/aromatic N) is 3. The Morgan fingerprint density at radius 1 is 0.548 bits per heavy atom. The summed E-state index contributed by atoms with van der Waals surface area (Å²) in [6, 6.07) is 12.8. The molecule has 28 nitrogen and oxygen atoms in total. The van der Waals surface area contributed by atoms with Crippen molar-refractivity contribution in [2.45, 2.75) is 133 Å². The molecule has 8 atom stereocenters. The van der Waals surface area contributed by atoms with Gasteiger partial charge in [0.25, 0.3) is 0 Å². The van der Waals surface area contributed by atoms with Crippen LogP contribution in [-0.4, -0.2) is 156 Å². The van der Waals surface area contributed by atoms with Gasteiger partial charge in [0, 0.05) is 38.9 Å². The van der Waals surface area contributed by atoms with E-state index in [1.807, 2.05) is 13.8 Å². The zero-order valence-electron chi connectivity index (χ0n) is 47.3. The first-order valence-corrected chi connectivity index (χ1v) is 27.6. The SMILES string of the molecule is CC(C)C[C@H](NC(=O)[C@H](Cc1ccccc1)NC(=O)[C@H](Cc1ccc(O)cc1)NC(=O)CN)C(=O)N[C@@H](Cc1ccccc1)C(=O)N[C@@H](CCCN=C(N)N)C(=O)N1CCC[C@H]1C(=O)N[C@@H](CCCN=C(N)N)C(=O)N[C@@H](CC(N)=O)C(N)=O. The summed E-state index contributed by atoms with van der Waals surface area (Å²) >= 11 is 0. The van der Waals surface area contributed by atoms with Gasteiger partial charge in [0.1, 0.15) is 54.1 Å². The lowest BCUT2D eigenvalue weighted by Crippen LogP contribution is -2.61. The van der Waals surface area contributed by atoms with E-state index >= 15 is 0 Å². The van der Waals surface area contributed by atoms with Gasteiger partial charge in [-0.05, 0) is 79.7 Å². The van der Waals surface area contributed by atoms with Gasteiger partial charge in [-0.25, -0.2) is 0 Å². The average molecular weight is 1170 g/mol. The molecule has 4 rings (SSSR count). The molecule has 0 aromatic heterocycles. The summed E-state index contributed by atoms with van der Waals surface area (Å²) in [5.41, 5.74) is 40.2. The Hall–Kier alpha value is -9.34. The molecular weight excluding hydrogens is 1090 g/mol. The first-order valence-electron chi connectivity index (χ1n) is 27.6. The summed E-state index contributed by atoms with van der Waals surface area (Å²) in [4.78, 5) is 146. The maximum atomic E-state index is 14.8. The maximum Gasteiger partial charge on any atom is 0.245 e. The lowest BCUT2D eigenvalue weighted by molar-refractivity contribution is -0.142. The van der Waals surface area contributed by atoms with Crippen molar-refractivity contribution in [3.8, 4) is 5.75 Å².